The van der Waals surface area contributed by atoms with Gasteiger partial charge in [-0.15, -0.1) is 0 Å². The van der Waals surface area contributed by atoms with Crippen LogP contribution in [0.4, 0.5) is 27.6 Å². The third-order valence-electron chi connectivity index (χ3n) is 1.41. The maximum atomic E-state index is 12.9. The summed E-state index contributed by atoms with van der Waals surface area (Å²) in [5.74, 6) is -3.28. The van der Waals surface area contributed by atoms with Crippen LogP contribution in [0.25, 0.3) is 0 Å². The van der Waals surface area contributed by atoms with E-state index < -0.39 is 44.4 Å². The van der Waals surface area contributed by atoms with Crippen molar-refractivity contribution in [2.45, 2.75) is 10.4 Å². The minimum absolute atomic E-state index is 0.263. The molecule has 0 fully saturated rings. The minimum Gasteiger partial charge on any atom is -0.258 e. The fourth-order valence-corrected chi connectivity index (χ4v) is 1.50. The SMILES string of the molecule is O=[N+]([O-])c1c(F)cc(SC(F)(F)F)cc1F. The summed E-state index contributed by atoms with van der Waals surface area (Å²) in [7, 11) is 0. The first-order valence-electron chi connectivity index (χ1n) is 3.60. The molecule has 0 saturated carbocycles. The summed E-state index contributed by atoms with van der Waals surface area (Å²) in [6, 6.07) is 0.527. The van der Waals surface area contributed by atoms with Gasteiger partial charge in [-0.2, -0.15) is 22.0 Å². The highest BCUT2D eigenvalue weighted by Gasteiger charge is 2.31. The molecule has 1 aromatic carbocycles. The van der Waals surface area contributed by atoms with Crippen LogP contribution in [-0.2, 0) is 0 Å². The molecule has 3 nitrogen and oxygen atoms in total. The van der Waals surface area contributed by atoms with E-state index >= 15 is 0 Å². The number of halogens is 5. The van der Waals surface area contributed by atoms with Crippen LogP contribution in [0.3, 0.4) is 0 Å². The molecule has 88 valence electrons. The Morgan fingerprint density at radius 1 is 1.19 bits per heavy atom. The number of nitrogens with zero attached hydrogens (tertiary/aromatic N) is 1. The summed E-state index contributed by atoms with van der Waals surface area (Å²) >= 11 is -0.753. The van der Waals surface area contributed by atoms with Crippen LogP contribution < -0.4 is 0 Å². The first-order chi connectivity index (χ1) is 7.20. The molecule has 1 rings (SSSR count). The highest BCUT2D eigenvalue weighted by Crippen LogP contribution is 2.38. The highest BCUT2D eigenvalue weighted by molar-refractivity contribution is 8.00. The Bertz CT molecular complexity index is 410. The van der Waals surface area contributed by atoms with E-state index in [0.29, 0.717) is 0 Å². The lowest BCUT2D eigenvalue weighted by molar-refractivity contribution is -0.390. The van der Waals surface area contributed by atoms with Crippen molar-refractivity contribution in [3.05, 3.63) is 33.9 Å². The number of nitro groups is 1. The first kappa shape index (κ1) is 12.7. The summed E-state index contributed by atoms with van der Waals surface area (Å²) in [5.41, 5.74) is -6.18. The third kappa shape index (κ3) is 3.05. The number of thioether (sulfide) groups is 1. The Balaban J connectivity index is 3.15. The average Bonchev–Trinajstić information content (AvgIpc) is 1.96. The second kappa shape index (κ2) is 4.24. The number of rotatable bonds is 2. The van der Waals surface area contributed by atoms with Crippen LogP contribution in [0.2, 0.25) is 0 Å². The van der Waals surface area contributed by atoms with Gasteiger partial charge < -0.3 is 0 Å². The minimum atomic E-state index is -4.71. The van der Waals surface area contributed by atoms with Crippen molar-refractivity contribution >= 4 is 17.4 Å². The van der Waals surface area contributed by atoms with Gasteiger partial charge in [-0.1, -0.05) is 0 Å². The van der Waals surface area contributed by atoms with Crippen LogP contribution in [0.5, 0.6) is 0 Å². The zero-order chi connectivity index (χ0) is 12.5. The van der Waals surface area contributed by atoms with Crippen molar-refractivity contribution in [2.24, 2.45) is 0 Å². The summed E-state index contributed by atoms with van der Waals surface area (Å²) in [6.07, 6.45) is 0. The summed E-state index contributed by atoms with van der Waals surface area (Å²) in [6.45, 7) is 0. The Hall–Kier alpha value is -1.38. The molecule has 0 saturated heterocycles. The van der Waals surface area contributed by atoms with E-state index in [1.165, 1.54) is 0 Å². The molecule has 0 aliphatic rings. The van der Waals surface area contributed by atoms with Gasteiger partial charge >= 0.3 is 11.2 Å². The Labute approximate surface area is 89.4 Å². The topological polar surface area (TPSA) is 43.1 Å². The van der Waals surface area contributed by atoms with E-state index in [1.807, 2.05) is 0 Å². The maximum Gasteiger partial charge on any atom is 0.446 e. The lowest BCUT2D eigenvalue weighted by Gasteiger charge is -2.05. The predicted octanol–water partition coefficient (Wildman–Crippen LogP) is 3.48. The van der Waals surface area contributed by atoms with Crippen molar-refractivity contribution in [1.29, 1.82) is 0 Å². The zero-order valence-corrected chi connectivity index (χ0v) is 8.03. The largest absolute Gasteiger partial charge is 0.446 e. The van der Waals surface area contributed by atoms with E-state index in [-0.39, 0.29) is 12.1 Å². The molecule has 0 bridgehead atoms. The van der Waals surface area contributed by atoms with Gasteiger partial charge in [0.15, 0.2) is 0 Å². The summed E-state index contributed by atoms with van der Waals surface area (Å²) in [5, 5.41) is 10.1. The molecule has 0 radical (unpaired) electrons. The fraction of sp³-hybridized carbons (Fsp3) is 0.143. The molecule has 0 amide bonds. The van der Waals surface area contributed by atoms with Gasteiger partial charge in [-0.25, -0.2) is 0 Å². The molecule has 0 aliphatic heterocycles. The second-order valence-electron chi connectivity index (χ2n) is 2.54. The smallest absolute Gasteiger partial charge is 0.258 e. The van der Waals surface area contributed by atoms with Gasteiger partial charge in [0.2, 0.25) is 11.6 Å². The molecule has 0 heterocycles. The molecule has 0 spiro atoms. The van der Waals surface area contributed by atoms with Gasteiger partial charge in [-0.3, -0.25) is 10.1 Å². The van der Waals surface area contributed by atoms with E-state index in [2.05, 4.69) is 0 Å². The van der Waals surface area contributed by atoms with Crippen molar-refractivity contribution in [2.75, 3.05) is 0 Å². The second-order valence-corrected chi connectivity index (χ2v) is 3.68. The fourth-order valence-electron chi connectivity index (χ4n) is 0.909. The Kier molecular flexibility index (Phi) is 3.36. The number of alkyl halides is 3. The molecule has 0 aliphatic carbocycles. The number of nitro benzene ring substituents is 1. The normalized spacial score (nSPS) is 11.6. The molecular weight excluding hydrogens is 257 g/mol. The van der Waals surface area contributed by atoms with Crippen LogP contribution in [0.15, 0.2) is 17.0 Å². The lowest BCUT2D eigenvalue weighted by Crippen LogP contribution is -2.01. The van der Waals surface area contributed by atoms with E-state index in [4.69, 9.17) is 0 Å². The molecule has 1 aromatic rings. The maximum absolute atomic E-state index is 12.9. The Morgan fingerprint density at radius 3 is 1.94 bits per heavy atom. The van der Waals surface area contributed by atoms with Gasteiger partial charge in [0.05, 0.1) is 4.92 Å². The third-order valence-corrected chi connectivity index (χ3v) is 2.11. The van der Waals surface area contributed by atoms with Crippen molar-refractivity contribution in [1.82, 2.24) is 0 Å². The predicted molar refractivity (Wildman–Crippen MR) is 44.9 cm³/mol. The van der Waals surface area contributed by atoms with Gasteiger partial charge in [0, 0.05) is 4.90 Å². The Morgan fingerprint density at radius 2 is 1.62 bits per heavy atom. The first-order valence-corrected chi connectivity index (χ1v) is 4.41. The van der Waals surface area contributed by atoms with Gasteiger partial charge in [0.25, 0.3) is 0 Å². The van der Waals surface area contributed by atoms with Crippen molar-refractivity contribution in [3.63, 3.8) is 0 Å². The van der Waals surface area contributed by atoms with Gasteiger partial charge in [-0.05, 0) is 23.9 Å². The van der Waals surface area contributed by atoms with E-state index in [1.54, 1.807) is 0 Å². The van der Waals surface area contributed by atoms with Crippen LogP contribution in [-0.4, -0.2) is 10.4 Å². The number of hydrogen-bond donors (Lipinski definition) is 0. The van der Waals surface area contributed by atoms with Crippen molar-refractivity contribution in [3.8, 4) is 0 Å². The van der Waals surface area contributed by atoms with Gasteiger partial charge in [0.1, 0.15) is 0 Å². The monoisotopic (exact) mass is 259 g/mol. The zero-order valence-electron chi connectivity index (χ0n) is 7.22. The van der Waals surface area contributed by atoms with Crippen LogP contribution in [0, 0.1) is 21.7 Å². The molecule has 0 N–H and O–H groups in total. The van der Waals surface area contributed by atoms with Crippen LogP contribution in [0.1, 0.15) is 0 Å². The molecule has 16 heavy (non-hydrogen) atoms. The number of hydrogen-bond acceptors (Lipinski definition) is 3. The summed E-state index contributed by atoms with van der Waals surface area (Å²) in [4.78, 5) is 8.01. The quantitative estimate of drug-likeness (QED) is 0.353. The molecular formula is C7H2F5NO2S. The highest BCUT2D eigenvalue weighted by atomic mass is 32.2. The lowest BCUT2D eigenvalue weighted by atomic mass is 10.3. The van der Waals surface area contributed by atoms with E-state index in [9.17, 15) is 32.1 Å². The standard InChI is InChI=1S/C7H2F5NO2S/c8-4-1-3(16-7(10,11)12)2-5(9)6(4)13(14)15/h1-2H. The molecule has 0 aromatic heterocycles. The molecule has 0 unspecified atom stereocenters. The summed E-state index contributed by atoms with van der Waals surface area (Å²) < 4.78 is 61.3. The van der Waals surface area contributed by atoms with Crippen molar-refractivity contribution < 1.29 is 26.9 Å². The van der Waals surface area contributed by atoms with E-state index in [0.717, 1.165) is 0 Å². The average molecular weight is 259 g/mol. The van der Waals surface area contributed by atoms with Crippen LogP contribution >= 0.6 is 11.8 Å². The number of benzene rings is 1. The molecule has 0 atom stereocenters. The molecule has 9 heteroatoms.